The lowest BCUT2D eigenvalue weighted by Crippen LogP contribution is -2.45. The molecule has 0 radical (unpaired) electrons. The number of carbonyl (C=O) groups excluding carboxylic acids is 1. The number of hydrogen-bond donors (Lipinski definition) is 2. The zero-order valence-corrected chi connectivity index (χ0v) is 13.2. The fourth-order valence-corrected chi connectivity index (χ4v) is 2.06. The fraction of sp³-hybridized carbons (Fsp3) is 0.385. The van der Waals surface area contributed by atoms with Crippen molar-refractivity contribution in [1.29, 1.82) is 0 Å². The molecule has 2 amide bonds. The minimum atomic E-state index is -0.230. The van der Waals surface area contributed by atoms with Crippen LogP contribution in [-0.2, 0) is 0 Å². The maximum atomic E-state index is 12.0. The molecule has 0 aliphatic heterocycles. The van der Waals surface area contributed by atoms with E-state index >= 15 is 0 Å². The monoisotopic (exact) mass is 316 g/mol. The summed E-state index contributed by atoms with van der Waals surface area (Å²) < 4.78 is 0. The third-order valence-corrected chi connectivity index (χ3v) is 3.34. The molecule has 20 heavy (non-hydrogen) atoms. The summed E-state index contributed by atoms with van der Waals surface area (Å²) in [6.07, 6.45) is 0. The van der Waals surface area contributed by atoms with Crippen molar-refractivity contribution in [2.24, 2.45) is 4.99 Å². The first-order valence-electron chi connectivity index (χ1n) is 6.27. The Bertz CT molecular complexity index is 481. The lowest BCUT2D eigenvalue weighted by molar-refractivity contribution is 0.208. The summed E-state index contributed by atoms with van der Waals surface area (Å²) >= 11 is 12.1. The average Bonchev–Trinajstić information content (AvgIpc) is 2.43. The normalized spacial score (nSPS) is 11.2. The van der Waals surface area contributed by atoms with Crippen LogP contribution >= 0.6 is 23.2 Å². The molecule has 0 aromatic heterocycles. The standard InChI is InChI=1S/C13H18Cl2N4O/c1-4-19(5-2)13(20)18-12(16-3)17-11-9(14)7-6-8-10(11)15/h6-8H,4-5H2,1-3H3,(H2,16,17,18,20). The van der Waals surface area contributed by atoms with Crippen molar-refractivity contribution < 1.29 is 4.79 Å². The van der Waals surface area contributed by atoms with Crippen LogP contribution in [0.25, 0.3) is 0 Å². The van der Waals surface area contributed by atoms with E-state index in [0.29, 0.717) is 28.8 Å². The smallest absolute Gasteiger partial charge is 0.324 e. The molecule has 7 heteroatoms. The van der Waals surface area contributed by atoms with Crippen molar-refractivity contribution in [2.45, 2.75) is 13.8 Å². The predicted molar refractivity (Wildman–Crippen MR) is 84.9 cm³/mol. The first-order valence-corrected chi connectivity index (χ1v) is 7.02. The minimum absolute atomic E-state index is 0.230. The van der Waals surface area contributed by atoms with Gasteiger partial charge in [-0.25, -0.2) is 4.79 Å². The molecule has 0 atom stereocenters. The number of para-hydroxylation sites is 1. The van der Waals surface area contributed by atoms with Gasteiger partial charge in [-0.15, -0.1) is 0 Å². The lowest BCUT2D eigenvalue weighted by atomic mass is 10.3. The van der Waals surface area contributed by atoms with Crippen LogP contribution in [0, 0.1) is 0 Å². The van der Waals surface area contributed by atoms with Crippen LogP contribution < -0.4 is 10.6 Å². The molecule has 1 aromatic rings. The van der Waals surface area contributed by atoms with E-state index in [0.717, 1.165) is 0 Å². The van der Waals surface area contributed by atoms with E-state index in [4.69, 9.17) is 23.2 Å². The number of rotatable bonds is 3. The molecule has 0 unspecified atom stereocenters. The second-order valence-electron chi connectivity index (χ2n) is 3.90. The summed E-state index contributed by atoms with van der Waals surface area (Å²) in [5.41, 5.74) is 0.510. The second kappa shape index (κ2) is 7.97. The van der Waals surface area contributed by atoms with Gasteiger partial charge in [0.05, 0.1) is 15.7 Å². The van der Waals surface area contributed by atoms with E-state index in [2.05, 4.69) is 15.6 Å². The maximum Gasteiger partial charge on any atom is 0.324 e. The summed E-state index contributed by atoms with van der Waals surface area (Å²) in [4.78, 5) is 17.6. The molecule has 0 spiro atoms. The number of amides is 2. The number of nitrogens with one attached hydrogen (secondary N) is 2. The molecule has 0 aliphatic carbocycles. The van der Waals surface area contributed by atoms with Crippen LogP contribution in [0.15, 0.2) is 23.2 Å². The molecule has 5 nitrogen and oxygen atoms in total. The first kappa shape index (κ1) is 16.6. The lowest BCUT2D eigenvalue weighted by Gasteiger charge is -2.20. The van der Waals surface area contributed by atoms with E-state index < -0.39 is 0 Å². The quantitative estimate of drug-likeness (QED) is 0.663. The van der Waals surface area contributed by atoms with Gasteiger partial charge in [-0.3, -0.25) is 10.3 Å². The molecule has 2 N–H and O–H groups in total. The van der Waals surface area contributed by atoms with Gasteiger partial charge in [-0.1, -0.05) is 29.3 Å². The Morgan fingerprint density at radius 3 is 2.25 bits per heavy atom. The highest BCUT2D eigenvalue weighted by Crippen LogP contribution is 2.29. The maximum absolute atomic E-state index is 12.0. The van der Waals surface area contributed by atoms with Crippen molar-refractivity contribution in [3.05, 3.63) is 28.2 Å². The van der Waals surface area contributed by atoms with E-state index in [9.17, 15) is 4.79 Å². The second-order valence-corrected chi connectivity index (χ2v) is 4.71. The summed E-state index contributed by atoms with van der Waals surface area (Å²) in [7, 11) is 1.57. The number of nitrogens with zero attached hydrogens (tertiary/aromatic N) is 2. The summed E-state index contributed by atoms with van der Waals surface area (Å²) in [5, 5.41) is 6.52. The van der Waals surface area contributed by atoms with Crippen LogP contribution in [0.4, 0.5) is 10.5 Å². The van der Waals surface area contributed by atoms with Gasteiger partial charge in [0, 0.05) is 20.1 Å². The van der Waals surface area contributed by atoms with Crippen molar-refractivity contribution in [1.82, 2.24) is 10.2 Å². The van der Waals surface area contributed by atoms with Crippen LogP contribution in [0.3, 0.4) is 0 Å². The number of guanidine groups is 1. The third-order valence-electron chi connectivity index (χ3n) is 2.71. The van der Waals surface area contributed by atoms with Crippen LogP contribution in [0.5, 0.6) is 0 Å². The Kier molecular flexibility index (Phi) is 6.61. The number of anilines is 1. The highest BCUT2D eigenvalue weighted by molar-refractivity contribution is 6.39. The van der Waals surface area contributed by atoms with E-state index in [1.807, 2.05) is 13.8 Å². The summed E-state index contributed by atoms with van der Waals surface area (Å²) in [6.45, 7) is 5.05. The fourth-order valence-electron chi connectivity index (χ4n) is 1.57. The van der Waals surface area contributed by atoms with Gasteiger partial charge < -0.3 is 10.2 Å². The van der Waals surface area contributed by atoms with Crippen LogP contribution in [-0.4, -0.2) is 37.0 Å². The number of hydrogen-bond acceptors (Lipinski definition) is 2. The Morgan fingerprint density at radius 2 is 1.80 bits per heavy atom. The van der Waals surface area contributed by atoms with Crippen molar-refractivity contribution >= 4 is 40.9 Å². The number of carbonyl (C=O) groups is 1. The van der Waals surface area contributed by atoms with Crippen molar-refractivity contribution in [3.8, 4) is 0 Å². The van der Waals surface area contributed by atoms with E-state index in [-0.39, 0.29) is 12.0 Å². The van der Waals surface area contributed by atoms with Gasteiger partial charge in [0.15, 0.2) is 0 Å². The van der Waals surface area contributed by atoms with Gasteiger partial charge >= 0.3 is 6.03 Å². The molecule has 0 fully saturated rings. The van der Waals surface area contributed by atoms with Crippen molar-refractivity contribution in [3.63, 3.8) is 0 Å². The van der Waals surface area contributed by atoms with Gasteiger partial charge in [0.2, 0.25) is 5.96 Å². The zero-order chi connectivity index (χ0) is 15.1. The Hall–Kier alpha value is -1.46. The van der Waals surface area contributed by atoms with Crippen LogP contribution in [0.2, 0.25) is 10.0 Å². The van der Waals surface area contributed by atoms with Crippen LogP contribution in [0.1, 0.15) is 13.8 Å². The minimum Gasteiger partial charge on any atom is -0.325 e. The topological polar surface area (TPSA) is 56.7 Å². The predicted octanol–water partition coefficient (Wildman–Crippen LogP) is 3.44. The molecule has 110 valence electrons. The summed E-state index contributed by atoms with van der Waals surface area (Å²) in [5.74, 6) is 0.289. The number of halogens is 2. The molecule has 0 bridgehead atoms. The highest BCUT2D eigenvalue weighted by atomic mass is 35.5. The first-order chi connectivity index (χ1) is 9.53. The molecule has 0 saturated heterocycles. The average molecular weight is 317 g/mol. The molecular formula is C13H18Cl2N4O. The zero-order valence-electron chi connectivity index (χ0n) is 11.7. The Balaban J connectivity index is 2.81. The molecule has 0 heterocycles. The third kappa shape index (κ3) is 4.28. The summed E-state index contributed by atoms with van der Waals surface area (Å²) in [6, 6.07) is 4.92. The van der Waals surface area contributed by atoms with Crippen molar-refractivity contribution in [2.75, 3.05) is 25.5 Å². The van der Waals surface area contributed by atoms with Gasteiger partial charge in [0.25, 0.3) is 0 Å². The molecule has 0 aliphatic rings. The van der Waals surface area contributed by atoms with E-state index in [1.165, 1.54) is 0 Å². The number of urea groups is 1. The van der Waals surface area contributed by atoms with E-state index in [1.54, 1.807) is 30.1 Å². The largest absolute Gasteiger partial charge is 0.325 e. The molecule has 0 saturated carbocycles. The number of benzene rings is 1. The van der Waals surface area contributed by atoms with Gasteiger partial charge in [-0.2, -0.15) is 0 Å². The molecule has 1 aromatic carbocycles. The molecule has 1 rings (SSSR count). The molecular weight excluding hydrogens is 299 g/mol. The van der Waals surface area contributed by atoms with Gasteiger partial charge in [0.1, 0.15) is 0 Å². The Morgan fingerprint density at radius 1 is 1.25 bits per heavy atom. The highest BCUT2D eigenvalue weighted by Gasteiger charge is 2.13. The number of aliphatic imine (C=N–C) groups is 1. The van der Waals surface area contributed by atoms with Gasteiger partial charge in [-0.05, 0) is 26.0 Å². The SMILES string of the molecule is CCN(CC)C(=O)NC(=NC)Nc1c(Cl)cccc1Cl. The Labute approximate surface area is 129 Å².